The van der Waals surface area contributed by atoms with Crippen LogP contribution in [0.1, 0.15) is 70.4 Å². The van der Waals surface area contributed by atoms with E-state index in [4.69, 9.17) is 9.84 Å². The van der Waals surface area contributed by atoms with Crippen LogP contribution in [0.15, 0.2) is 60.2 Å². The first-order valence-electron chi connectivity index (χ1n) is 11.4. The molecule has 1 N–H and O–H groups in total. The lowest BCUT2D eigenvalue weighted by Crippen LogP contribution is -2.06. The second-order valence-corrected chi connectivity index (χ2v) is 8.02. The van der Waals surface area contributed by atoms with Crippen LogP contribution in [0.4, 0.5) is 0 Å². The molecule has 2 aromatic carbocycles. The number of hydrogen-bond acceptors (Lipinski definition) is 3. The molecule has 0 aliphatic rings. The van der Waals surface area contributed by atoms with Crippen molar-refractivity contribution < 1.29 is 19.4 Å². The van der Waals surface area contributed by atoms with E-state index in [1.807, 2.05) is 36.4 Å². The summed E-state index contributed by atoms with van der Waals surface area (Å²) in [6.07, 6.45) is 12.8. The van der Waals surface area contributed by atoms with Gasteiger partial charge in [0.1, 0.15) is 5.75 Å². The van der Waals surface area contributed by atoms with Crippen LogP contribution >= 0.6 is 0 Å². The number of allylic oxidation sites excluding steroid dienone is 1. The molecule has 0 aliphatic heterocycles. The first-order valence-corrected chi connectivity index (χ1v) is 11.4. The van der Waals surface area contributed by atoms with Crippen molar-refractivity contribution in [1.29, 1.82) is 0 Å². The summed E-state index contributed by atoms with van der Waals surface area (Å²) in [7, 11) is 0. The summed E-state index contributed by atoms with van der Waals surface area (Å²) in [6.45, 7) is 5.59. The van der Waals surface area contributed by atoms with E-state index in [1.54, 1.807) is 26.0 Å². The van der Waals surface area contributed by atoms with E-state index >= 15 is 0 Å². The molecule has 0 aromatic heterocycles. The Morgan fingerprint density at radius 1 is 0.938 bits per heavy atom. The maximum absolute atomic E-state index is 12.0. The third-order valence-electron chi connectivity index (χ3n) is 5.34. The number of carboxylic acid groups (broad SMARTS) is 1. The monoisotopic (exact) mass is 434 g/mol. The number of unbranched alkanes of at least 4 members (excludes halogenated alkanes) is 5. The molecule has 0 fully saturated rings. The number of rotatable bonds is 12. The largest absolute Gasteiger partial charge is 0.478 e. The van der Waals surface area contributed by atoms with Gasteiger partial charge in [0.25, 0.3) is 0 Å². The zero-order valence-electron chi connectivity index (χ0n) is 19.4. The highest BCUT2D eigenvalue weighted by Crippen LogP contribution is 2.29. The third kappa shape index (κ3) is 8.18. The molecule has 0 atom stereocenters. The summed E-state index contributed by atoms with van der Waals surface area (Å²) in [5.41, 5.74) is 4.25. The number of carbonyl (C=O) groups is 2. The van der Waals surface area contributed by atoms with E-state index in [0.29, 0.717) is 11.3 Å². The summed E-state index contributed by atoms with van der Waals surface area (Å²) in [4.78, 5) is 23.0. The summed E-state index contributed by atoms with van der Waals surface area (Å²) >= 11 is 0. The summed E-state index contributed by atoms with van der Waals surface area (Å²) in [6, 6.07) is 13.7. The SMILES string of the molecule is CC=CC(=O)Oc1ccc(-c2ccc(C=C(C)C(=O)O)cc2)cc1CCCCCCCC. The summed E-state index contributed by atoms with van der Waals surface area (Å²) < 4.78 is 5.57. The molecule has 4 nitrogen and oxygen atoms in total. The molecule has 4 heteroatoms. The van der Waals surface area contributed by atoms with Gasteiger partial charge in [0.05, 0.1) is 0 Å². The van der Waals surface area contributed by atoms with Gasteiger partial charge in [-0.1, -0.05) is 75.4 Å². The van der Waals surface area contributed by atoms with Crippen molar-refractivity contribution in [2.24, 2.45) is 0 Å². The average Bonchev–Trinajstić information content (AvgIpc) is 2.77. The Balaban J connectivity index is 2.21. The molecule has 0 saturated carbocycles. The molecular formula is C28H34O4. The fourth-order valence-electron chi connectivity index (χ4n) is 3.51. The lowest BCUT2D eigenvalue weighted by molar-refractivity contribution is -0.132. The smallest absolute Gasteiger partial charge is 0.335 e. The second-order valence-electron chi connectivity index (χ2n) is 8.02. The zero-order chi connectivity index (χ0) is 23.3. The minimum atomic E-state index is -0.920. The van der Waals surface area contributed by atoms with Crippen molar-refractivity contribution in [3.63, 3.8) is 0 Å². The second kappa shape index (κ2) is 13.3. The van der Waals surface area contributed by atoms with Gasteiger partial charge in [-0.3, -0.25) is 0 Å². The zero-order valence-corrected chi connectivity index (χ0v) is 19.4. The van der Waals surface area contributed by atoms with Gasteiger partial charge < -0.3 is 9.84 Å². The first-order chi connectivity index (χ1) is 15.4. The Hall–Kier alpha value is -3.14. The fraction of sp³-hybridized carbons (Fsp3) is 0.357. The predicted octanol–water partition coefficient (Wildman–Crippen LogP) is 7.23. The number of aliphatic carboxylic acids is 1. The summed E-state index contributed by atoms with van der Waals surface area (Å²) in [5, 5.41) is 9.05. The maximum atomic E-state index is 12.0. The molecule has 0 radical (unpaired) electrons. The van der Waals surface area contributed by atoms with Crippen molar-refractivity contribution in [2.75, 3.05) is 0 Å². The van der Waals surface area contributed by atoms with Gasteiger partial charge in [-0.25, -0.2) is 9.59 Å². The molecule has 0 spiro atoms. The molecule has 0 heterocycles. The first kappa shape index (κ1) is 25.1. The molecular weight excluding hydrogens is 400 g/mol. The lowest BCUT2D eigenvalue weighted by Gasteiger charge is -2.12. The fourth-order valence-corrected chi connectivity index (χ4v) is 3.51. The van der Waals surface area contributed by atoms with Gasteiger partial charge in [0, 0.05) is 11.6 Å². The van der Waals surface area contributed by atoms with Crippen LogP contribution in [0, 0.1) is 0 Å². The van der Waals surface area contributed by atoms with E-state index in [2.05, 4.69) is 13.0 Å². The van der Waals surface area contributed by atoms with Crippen molar-refractivity contribution in [3.8, 4) is 16.9 Å². The van der Waals surface area contributed by atoms with E-state index in [0.717, 1.165) is 41.5 Å². The number of ether oxygens (including phenoxy) is 1. The molecule has 0 unspecified atom stereocenters. The Bertz CT molecular complexity index is 952. The number of benzene rings is 2. The number of aryl methyl sites for hydroxylation is 1. The molecule has 0 aliphatic carbocycles. The van der Waals surface area contributed by atoms with Gasteiger partial charge >= 0.3 is 11.9 Å². The number of hydrogen-bond donors (Lipinski definition) is 1. The van der Waals surface area contributed by atoms with Crippen molar-refractivity contribution in [1.82, 2.24) is 0 Å². The van der Waals surface area contributed by atoms with Crippen LogP contribution in [0.3, 0.4) is 0 Å². The Morgan fingerprint density at radius 2 is 1.59 bits per heavy atom. The van der Waals surface area contributed by atoms with Crippen molar-refractivity contribution >= 4 is 18.0 Å². The van der Waals surface area contributed by atoms with Gasteiger partial charge in [-0.2, -0.15) is 0 Å². The molecule has 32 heavy (non-hydrogen) atoms. The van der Waals surface area contributed by atoms with Gasteiger partial charge in [-0.15, -0.1) is 0 Å². The van der Waals surface area contributed by atoms with Crippen LogP contribution in [0.25, 0.3) is 17.2 Å². The number of carboxylic acids is 1. The molecule has 0 amide bonds. The topological polar surface area (TPSA) is 63.6 Å². The highest BCUT2D eigenvalue weighted by molar-refractivity contribution is 5.91. The van der Waals surface area contributed by atoms with E-state index < -0.39 is 5.97 Å². The van der Waals surface area contributed by atoms with E-state index in [9.17, 15) is 9.59 Å². The van der Waals surface area contributed by atoms with Gasteiger partial charge in [-0.05, 0) is 67.2 Å². The molecule has 170 valence electrons. The normalized spacial score (nSPS) is 11.7. The third-order valence-corrected chi connectivity index (χ3v) is 5.34. The Kier molecular flexibility index (Phi) is 10.5. The minimum Gasteiger partial charge on any atom is -0.478 e. The Morgan fingerprint density at radius 3 is 2.25 bits per heavy atom. The molecule has 2 rings (SSSR count). The highest BCUT2D eigenvalue weighted by atomic mass is 16.5. The number of carbonyl (C=O) groups excluding carboxylic acids is 1. The quantitative estimate of drug-likeness (QED) is 0.166. The van der Waals surface area contributed by atoms with E-state index in [-0.39, 0.29) is 5.97 Å². The van der Waals surface area contributed by atoms with Crippen LogP contribution in [0.5, 0.6) is 5.75 Å². The highest BCUT2D eigenvalue weighted by Gasteiger charge is 2.10. The van der Waals surface area contributed by atoms with Crippen LogP contribution in [-0.4, -0.2) is 17.0 Å². The molecule has 0 saturated heterocycles. The van der Waals surface area contributed by atoms with Crippen LogP contribution in [0.2, 0.25) is 0 Å². The predicted molar refractivity (Wildman–Crippen MR) is 131 cm³/mol. The minimum absolute atomic E-state index is 0.297. The number of esters is 1. The van der Waals surface area contributed by atoms with Crippen LogP contribution in [-0.2, 0) is 16.0 Å². The van der Waals surface area contributed by atoms with Crippen molar-refractivity contribution in [2.45, 2.75) is 65.7 Å². The summed E-state index contributed by atoms with van der Waals surface area (Å²) in [5.74, 6) is -0.673. The average molecular weight is 435 g/mol. The van der Waals surface area contributed by atoms with Gasteiger partial charge in [0.15, 0.2) is 0 Å². The van der Waals surface area contributed by atoms with Crippen LogP contribution < -0.4 is 4.74 Å². The van der Waals surface area contributed by atoms with Crippen molar-refractivity contribution in [3.05, 3.63) is 71.3 Å². The lowest BCUT2D eigenvalue weighted by atomic mass is 9.98. The molecule has 2 aromatic rings. The van der Waals surface area contributed by atoms with E-state index in [1.165, 1.54) is 31.8 Å². The van der Waals surface area contributed by atoms with Gasteiger partial charge in [0.2, 0.25) is 0 Å². The maximum Gasteiger partial charge on any atom is 0.335 e. The standard InChI is InChI=1S/C28H34O4/c1-4-6-7-8-9-10-12-25-20-24(17-18-26(25)32-27(29)11-5-2)23-15-13-22(14-16-23)19-21(3)28(30)31/h5,11,13-20H,4,6-10,12H2,1-3H3,(H,30,31). The Labute approximate surface area is 191 Å². The molecule has 0 bridgehead atoms.